The van der Waals surface area contributed by atoms with Gasteiger partial charge in [-0.25, -0.2) is 13.2 Å². The Morgan fingerprint density at radius 3 is 2.29 bits per heavy atom. The number of nitrogens with zero attached hydrogens (tertiary/aromatic N) is 2. The van der Waals surface area contributed by atoms with Crippen molar-refractivity contribution in [2.24, 2.45) is 0 Å². The molecule has 0 saturated carbocycles. The predicted octanol–water partition coefficient (Wildman–Crippen LogP) is 1.29. The number of sulfonamides is 1. The van der Waals surface area contributed by atoms with E-state index in [1.54, 1.807) is 35.2 Å². The van der Waals surface area contributed by atoms with Crippen LogP contribution in [0.4, 0.5) is 4.79 Å². The first kappa shape index (κ1) is 14.3. The van der Waals surface area contributed by atoms with Crippen LogP contribution in [0, 0.1) is 0 Å². The van der Waals surface area contributed by atoms with Gasteiger partial charge in [0.15, 0.2) is 0 Å². The molecular weight excluding hydrogens is 292 g/mol. The van der Waals surface area contributed by atoms with E-state index in [2.05, 4.69) is 0 Å². The van der Waals surface area contributed by atoms with Crippen LogP contribution in [0.3, 0.4) is 0 Å². The number of piperidine rings is 1. The molecule has 2 heterocycles. The summed E-state index contributed by atoms with van der Waals surface area (Å²) in [5.41, 5.74) is 0. The highest BCUT2D eigenvalue weighted by Gasteiger charge is 2.35. The Morgan fingerprint density at radius 1 is 1.05 bits per heavy atom. The number of ether oxygens (including phenoxy) is 1. The van der Waals surface area contributed by atoms with E-state index in [9.17, 15) is 13.2 Å². The topological polar surface area (TPSA) is 66.9 Å². The van der Waals surface area contributed by atoms with Crippen molar-refractivity contribution < 1.29 is 17.9 Å². The van der Waals surface area contributed by atoms with Crippen molar-refractivity contribution >= 4 is 16.1 Å². The Bertz CT molecular complexity index is 609. The zero-order valence-corrected chi connectivity index (χ0v) is 12.5. The van der Waals surface area contributed by atoms with Gasteiger partial charge >= 0.3 is 6.09 Å². The summed E-state index contributed by atoms with van der Waals surface area (Å²) in [5, 5.41) is 0. The van der Waals surface area contributed by atoms with Gasteiger partial charge in [0.25, 0.3) is 0 Å². The smallest absolute Gasteiger partial charge is 0.410 e. The number of hydrogen-bond donors (Lipinski definition) is 0. The summed E-state index contributed by atoms with van der Waals surface area (Å²) in [6, 6.07) is 8.55. The summed E-state index contributed by atoms with van der Waals surface area (Å²) in [5.74, 6) is 0. The van der Waals surface area contributed by atoms with Crippen LogP contribution in [-0.2, 0) is 14.8 Å². The Balaban J connectivity index is 1.67. The lowest BCUT2D eigenvalue weighted by Gasteiger charge is -2.34. The van der Waals surface area contributed by atoms with Gasteiger partial charge in [0.1, 0.15) is 6.61 Å². The fourth-order valence-corrected chi connectivity index (χ4v) is 4.36. The first-order valence-electron chi connectivity index (χ1n) is 7.07. The maximum Gasteiger partial charge on any atom is 0.410 e. The van der Waals surface area contributed by atoms with Crippen molar-refractivity contribution in [3.63, 3.8) is 0 Å². The van der Waals surface area contributed by atoms with Crippen LogP contribution < -0.4 is 0 Å². The molecule has 0 atom stereocenters. The molecule has 114 valence electrons. The van der Waals surface area contributed by atoms with Gasteiger partial charge in [0.05, 0.1) is 11.4 Å². The molecule has 3 rings (SSSR count). The third-order valence-corrected chi connectivity index (χ3v) is 5.95. The zero-order valence-electron chi connectivity index (χ0n) is 11.6. The van der Waals surface area contributed by atoms with Gasteiger partial charge in [-0.1, -0.05) is 18.2 Å². The van der Waals surface area contributed by atoms with E-state index in [4.69, 9.17) is 4.74 Å². The first-order valence-corrected chi connectivity index (χ1v) is 8.51. The van der Waals surface area contributed by atoms with Gasteiger partial charge in [0.2, 0.25) is 10.0 Å². The molecule has 1 amide bonds. The number of carbonyl (C=O) groups excluding carboxylic acids is 1. The minimum Gasteiger partial charge on any atom is -0.448 e. The van der Waals surface area contributed by atoms with Crippen molar-refractivity contribution in [2.45, 2.75) is 23.8 Å². The van der Waals surface area contributed by atoms with Crippen molar-refractivity contribution in [3.05, 3.63) is 30.3 Å². The van der Waals surface area contributed by atoms with Gasteiger partial charge in [-0.05, 0) is 25.0 Å². The highest BCUT2D eigenvalue weighted by Crippen LogP contribution is 2.24. The summed E-state index contributed by atoms with van der Waals surface area (Å²) in [4.78, 5) is 13.6. The monoisotopic (exact) mass is 310 g/mol. The molecule has 0 unspecified atom stereocenters. The lowest BCUT2D eigenvalue weighted by molar-refractivity contribution is 0.134. The molecule has 2 fully saturated rings. The van der Waals surface area contributed by atoms with E-state index in [1.165, 1.54) is 4.31 Å². The Morgan fingerprint density at radius 2 is 1.71 bits per heavy atom. The lowest BCUT2D eigenvalue weighted by Crippen LogP contribution is -2.47. The fourth-order valence-electron chi connectivity index (χ4n) is 2.87. The van der Waals surface area contributed by atoms with E-state index >= 15 is 0 Å². The van der Waals surface area contributed by atoms with Crippen molar-refractivity contribution in [1.29, 1.82) is 0 Å². The molecule has 0 bridgehead atoms. The van der Waals surface area contributed by atoms with Crippen molar-refractivity contribution in [1.82, 2.24) is 9.21 Å². The molecule has 0 radical (unpaired) electrons. The number of cyclic esters (lactones) is 1. The second-order valence-electron chi connectivity index (χ2n) is 5.26. The molecule has 21 heavy (non-hydrogen) atoms. The number of amides is 1. The van der Waals surface area contributed by atoms with Crippen LogP contribution in [0.5, 0.6) is 0 Å². The molecule has 2 aliphatic rings. The van der Waals surface area contributed by atoms with Gasteiger partial charge in [0, 0.05) is 19.1 Å². The first-order chi connectivity index (χ1) is 10.1. The molecule has 6 nitrogen and oxygen atoms in total. The predicted molar refractivity (Wildman–Crippen MR) is 76.3 cm³/mol. The van der Waals surface area contributed by atoms with E-state index in [1.807, 2.05) is 0 Å². The Labute approximate surface area is 124 Å². The maximum absolute atomic E-state index is 12.5. The van der Waals surface area contributed by atoms with Gasteiger partial charge < -0.3 is 9.64 Å². The van der Waals surface area contributed by atoms with Crippen molar-refractivity contribution in [2.75, 3.05) is 26.2 Å². The summed E-state index contributed by atoms with van der Waals surface area (Å²) >= 11 is 0. The maximum atomic E-state index is 12.5. The summed E-state index contributed by atoms with van der Waals surface area (Å²) in [6.45, 7) is 1.91. The van der Waals surface area contributed by atoms with E-state index in [-0.39, 0.29) is 12.1 Å². The normalized spacial score (nSPS) is 21.5. The van der Waals surface area contributed by atoms with Crippen LogP contribution in [0.2, 0.25) is 0 Å². The van der Waals surface area contributed by atoms with Gasteiger partial charge in [-0.2, -0.15) is 4.31 Å². The van der Waals surface area contributed by atoms with E-state index in [0.29, 0.717) is 44.0 Å². The number of carbonyl (C=O) groups is 1. The van der Waals surface area contributed by atoms with Crippen LogP contribution in [-0.4, -0.2) is 56.0 Å². The third kappa shape index (κ3) is 2.75. The summed E-state index contributed by atoms with van der Waals surface area (Å²) in [6.07, 6.45) is 1.03. The number of hydrogen-bond acceptors (Lipinski definition) is 4. The average molecular weight is 310 g/mol. The Kier molecular flexibility index (Phi) is 3.86. The number of rotatable bonds is 3. The summed E-state index contributed by atoms with van der Waals surface area (Å²) in [7, 11) is -3.42. The second-order valence-corrected chi connectivity index (χ2v) is 7.19. The second kappa shape index (κ2) is 5.65. The summed E-state index contributed by atoms with van der Waals surface area (Å²) < 4.78 is 31.4. The quantitative estimate of drug-likeness (QED) is 0.844. The van der Waals surface area contributed by atoms with Crippen LogP contribution in [0.1, 0.15) is 12.8 Å². The van der Waals surface area contributed by atoms with Crippen LogP contribution >= 0.6 is 0 Å². The molecule has 2 saturated heterocycles. The minimum absolute atomic E-state index is 0.0854. The standard InChI is InChI=1S/C14H18N2O4S/c17-14-16(10-11-20-14)12-6-8-15(9-7-12)21(18,19)13-4-2-1-3-5-13/h1-5,12H,6-11H2. The zero-order chi connectivity index (χ0) is 14.9. The minimum atomic E-state index is -3.42. The molecule has 1 aromatic carbocycles. The molecule has 0 N–H and O–H groups in total. The third-order valence-electron chi connectivity index (χ3n) is 4.04. The van der Waals surface area contributed by atoms with Crippen LogP contribution in [0.15, 0.2) is 35.2 Å². The van der Waals surface area contributed by atoms with E-state index < -0.39 is 10.0 Å². The van der Waals surface area contributed by atoms with Gasteiger partial charge in [-0.15, -0.1) is 0 Å². The van der Waals surface area contributed by atoms with E-state index in [0.717, 1.165) is 0 Å². The largest absolute Gasteiger partial charge is 0.448 e. The molecule has 7 heteroatoms. The van der Waals surface area contributed by atoms with Crippen molar-refractivity contribution in [3.8, 4) is 0 Å². The molecular formula is C14H18N2O4S. The Hall–Kier alpha value is -1.60. The average Bonchev–Trinajstić information content (AvgIpc) is 2.94. The molecule has 1 aromatic rings. The number of benzene rings is 1. The highest BCUT2D eigenvalue weighted by atomic mass is 32.2. The highest BCUT2D eigenvalue weighted by molar-refractivity contribution is 7.89. The SMILES string of the molecule is O=C1OCCN1C1CCN(S(=O)(=O)c2ccccc2)CC1. The molecule has 0 spiro atoms. The molecule has 2 aliphatic heterocycles. The molecule has 0 aromatic heterocycles. The van der Waals surface area contributed by atoms with Gasteiger partial charge in [-0.3, -0.25) is 0 Å². The fraction of sp³-hybridized carbons (Fsp3) is 0.500. The van der Waals surface area contributed by atoms with Crippen LogP contribution in [0.25, 0.3) is 0 Å². The lowest BCUT2D eigenvalue weighted by atomic mass is 10.1. The molecule has 0 aliphatic carbocycles.